The Kier molecular flexibility index (Phi) is 5.81. The minimum atomic E-state index is 0.492. The summed E-state index contributed by atoms with van der Waals surface area (Å²) in [7, 11) is 0. The molecule has 0 aliphatic carbocycles. The monoisotopic (exact) mass is 346 g/mol. The average molecular weight is 348 g/mol. The second-order valence-corrected chi connectivity index (χ2v) is 4.91. The summed E-state index contributed by atoms with van der Waals surface area (Å²) in [6.45, 7) is 1.03. The minimum Gasteiger partial charge on any atom is -0.491 e. The van der Waals surface area contributed by atoms with E-state index < -0.39 is 0 Å². The van der Waals surface area contributed by atoms with Crippen LogP contribution < -0.4 is 10.5 Å². The Morgan fingerprint density at radius 1 is 1.31 bits per heavy atom. The Morgan fingerprint density at radius 3 is 2.44 bits per heavy atom. The van der Waals surface area contributed by atoms with E-state index in [1.165, 1.54) is 0 Å². The van der Waals surface area contributed by atoms with Gasteiger partial charge in [-0.25, -0.2) is 0 Å². The summed E-state index contributed by atoms with van der Waals surface area (Å²) in [5.74, 6) is 0.759. The molecule has 1 rings (SSSR count). The van der Waals surface area contributed by atoms with E-state index in [1.807, 2.05) is 12.1 Å². The topological polar surface area (TPSA) is 59.0 Å². The number of nitriles is 1. The summed E-state index contributed by atoms with van der Waals surface area (Å²) in [6, 6.07) is 5.95. The van der Waals surface area contributed by atoms with Gasteiger partial charge in [0.2, 0.25) is 0 Å². The third-order valence-corrected chi connectivity index (χ3v) is 3.15. The molecular weight excluding hydrogens is 336 g/mol. The first-order valence-electron chi connectivity index (χ1n) is 4.86. The number of nitrogens with two attached hydrogens (primary N) is 1. The molecule has 16 heavy (non-hydrogen) atoms. The van der Waals surface area contributed by atoms with Gasteiger partial charge in [0.05, 0.1) is 21.6 Å². The predicted octanol–water partition coefficient (Wildman–Crippen LogP) is 3.35. The molecular formula is C11H12Br2N2O. The second-order valence-electron chi connectivity index (χ2n) is 3.20. The Bertz CT molecular complexity index is 378. The van der Waals surface area contributed by atoms with Gasteiger partial charge >= 0.3 is 0 Å². The highest BCUT2D eigenvalue weighted by Gasteiger charge is 2.08. The maximum atomic E-state index is 8.40. The van der Waals surface area contributed by atoms with Gasteiger partial charge < -0.3 is 10.5 Å². The first-order valence-corrected chi connectivity index (χ1v) is 6.45. The molecule has 0 atom stereocenters. The molecule has 1 aromatic carbocycles. The van der Waals surface area contributed by atoms with Crippen molar-refractivity contribution in [3.8, 4) is 11.8 Å². The van der Waals surface area contributed by atoms with E-state index in [4.69, 9.17) is 15.7 Å². The van der Waals surface area contributed by atoms with Crippen LogP contribution in [-0.4, -0.2) is 6.61 Å². The normalized spacial score (nSPS) is 9.88. The van der Waals surface area contributed by atoms with E-state index >= 15 is 0 Å². The van der Waals surface area contributed by atoms with E-state index in [1.54, 1.807) is 0 Å². The fourth-order valence-electron chi connectivity index (χ4n) is 1.19. The Hall–Kier alpha value is -0.570. The van der Waals surface area contributed by atoms with Crippen molar-refractivity contribution in [2.75, 3.05) is 6.61 Å². The molecule has 0 fully saturated rings. The summed E-state index contributed by atoms with van der Waals surface area (Å²) in [6.07, 6.45) is 1.24. The number of unbranched alkanes of at least 4 members (excludes halogenated alkanes) is 1. The van der Waals surface area contributed by atoms with Gasteiger partial charge in [0.1, 0.15) is 5.75 Å². The zero-order valence-electron chi connectivity index (χ0n) is 8.67. The molecule has 1 aromatic rings. The second kappa shape index (κ2) is 6.89. The summed E-state index contributed by atoms with van der Waals surface area (Å²) in [4.78, 5) is 0. The van der Waals surface area contributed by atoms with Crippen LogP contribution in [0.1, 0.15) is 18.4 Å². The summed E-state index contributed by atoms with van der Waals surface area (Å²) in [5, 5.41) is 8.40. The van der Waals surface area contributed by atoms with Gasteiger partial charge in [0.25, 0.3) is 0 Å². The lowest BCUT2D eigenvalue weighted by Gasteiger charge is -2.11. The number of hydrogen-bond donors (Lipinski definition) is 1. The Labute approximate surface area is 112 Å². The lowest BCUT2D eigenvalue weighted by Crippen LogP contribution is -2.01. The highest BCUT2D eigenvalue weighted by molar-refractivity contribution is 9.11. The van der Waals surface area contributed by atoms with Crippen molar-refractivity contribution in [1.29, 1.82) is 5.26 Å². The molecule has 5 heteroatoms. The lowest BCUT2D eigenvalue weighted by molar-refractivity contribution is 0.309. The van der Waals surface area contributed by atoms with Crippen LogP contribution in [-0.2, 0) is 6.54 Å². The first-order chi connectivity index (χ1) is 7.69. The third kappa shape index (κ3) is 3.78. The van der Waals surface area contributed by atoms with Crippen LogP contribution in [0.2, 0.25) is 0 Å². The van der Waals surface area contributed by atoms with Crippen LogP contribution in [0.3, 0.4) is 0 Å². The third-order valence-electron chi connectivity index (χ3n) is 1.97. The van der Waals surface area contributed by atoms with Crippen LogP contribution in [0.25, 0.3) is 0 Å². The van der Waals surface area contributed by atoms with Gasteiger partial charge in [0, 0.05) is 13.0 Å². The number of benzene rings is 1. The van der Waals surface area contributed by atoms with Gasteiger partial charge in [0.15, 0.2) is 0 Å². The van der Waals surface area contributed by atoms with Gasteiger partial charge in [-0.05, 0) is 56.0 Å². The molecule has 0 aliphatic rings. The highest BCUT2D eigenvalue weighted by Crippen LogP contribution is 2.34. The standard InChI is InChI=1S/C11H12Br2N2O/c12-9-5-8(7-15)6-10(13)11(9)16-4-2-1-3-14/h5-6H,1-2,4,7,15H2. The van der Waals surface area contributed by atoms with Crippen molar-refractivity contribution in [2.24, 2.45) is 5.73 Å². The zero-order chi connectivity index (χ0) is 12.0. The van der Waals surface area contributed by atoms with E-state index in [0.29, 0.717) is 19.6 Å². The molecule has 3 nitrogen and oxygen atoms in total. The van der Waals surface area contributed by atoms with Crippen molar-refractivity contribution < 1.29 is 4.74 Å². The molecule has 0 saturated carbocycles. The van der Waals surface area contributed by atoms with E-state index in [9.17, 15) is 0 Å². The fourth-order valence-corrected chi connectivity index (χ4v) is 2.70. The molecule has 0 radical (unpaired) electrons. The number of ether oxygens (including phenoxy) is 1. The smallest absolute Gasteiger partial charge is 0.147 e. The van der Waals surface area contributed by atoms with E-state index in [2.05, 4.69) is 37.9 Å². The first kappa shape index (κ1) is 13.5. The summed E-state index contributed by atoms with van der Waals surface area (Å²) in [5.41, 5.74) is 6.59. The largest absolute Gasteiger partial charge is 0.491 e. The molecule has 0 aromatic heterocycles. The summed E-state index contributed by atoms with van der Waals surface area (Å²) >= 11 is 6.86. The van der Waals surface area contributed by atoms with Gasteiger partial charge in [-0.3, -0.25) is 0 Å². The lowest BCUT2D eigenvalue weighted by atomic mass is 10.2. The van der Waals surface area contributed by atoms with Crippen molar-refractivity contribution in [3.63, 3.8) is 0 Å². The van der Waals surface area contributed by atoms with Crippen molar-refractivity contribution in [2.45, 2.75) is 19.4 Å². The van der Waals surface area contributed by atoms with E-state index in [-0.39, 0.29) is 0 Å². The van der Waals surface area contributed by atoms with Crippen LogP contribution in [0, 0.1) is 11.3 Å². The Morgan fingerprint density at radius 2 is 1.94 bits per heavy atom. The average Bonchev–Trinajstić information content (AvgIpc) is 2.26. The predicted molar refractivity (Wildman–Crippen MR) is 70.1 cm³/mol. The van der Waals surface area contributed by atoms with Crippen LogP contribution in [0.5, 0.6) is 5.75 Å². The van der Waals surface area contributed by atoms with Crippen molar-refractivity contribution in [1.82, 2.24) is 0 Å². The highest BCUT2D eigenvalue weighted by atomic mass is 79.9. The van der Waals surface area contributed by atoms with Gasteiger partial charge in [-0.1, -0.05) is 0 Å². The SMILES string of the molecule is N#CCCCOc1c(Br)cc(CN)cc1Br. The fraction of sp³-hybridized carbons (Fsp3) is 0.364. The van der Waals surface area contributed by atoms with Crippen LogP contribution in [0.4, 0.5) is 0 Å². The van der Waals surface area contributed by atoms with Crippen molar-refractivity contribution >= 4 is 31.9 Å². The van der Waals surface area contributed by atoms with Crippen LogP contribution >= 0.6 is 31.9 Å². The van der Waals surface area contributed by atoms with Crippen molar-refractivity contribution in [3.05, 3.63) is 26.6 Å². The molecule has 86 valence electrons. The number of halogens is 2. The molecule has 0 saturated heterocycles. The number of nitrogens with zero attached hydrogens (tertiary/aromatic N) is 1. The zero-order valence-corrected chi connectivity index (χ0v) is 11.8. The van der Waals surface area contributed by atoms with E-state index in [0.717, 1.165) is 26.7 Å². The maximum Gasteiger partial charge on any atom is 0.147 e. The number of rotatable bonds is 5. The molecule has 0 heterocycles. The molecule has 2 N–H and O–H groups in total. The molecule has 0 amide bonds. The van der Waals surface area contributed by atoms with Crippen LogP contribution in [0.15, 0.2) is 21.1 Å². The van der Waals surface area contributed by atoms with Gasteiger partial charge in [-0.2, -0.15) is 5.26 Å². The quantitative estimate of drug-likeness (QED) is 0.831. The summed E-state index contributed by atoms with van der Waals surface area (Å²) < 4.78 is 7.33. The molecule has 0 bridgehead atoms. The number of hydrogen-bond acceptors (Lipinski definition) is 3. The molecule has 0 unspecified atom stereocenters. The molecule has 0 spiro atoms. The molecule has 0 aliphatic heterocycles. The Balaban J connectivity index is 2.69. The maximum absolute atomic E-state index is 8.40. The minimum absolute atomic E-state index is 0.492. The van der Waals surface area contributed by atoms with Gasteiger partial charge in [-0.15, -0.1) is 0 Å².